The van der Waals surface area contributed by atoms with E-state index in [1.165, 1.54) is 29.3 Å². The fraction of sp³-hybridized carbons (Fsp3) is 0.200. The molecule has 0 fully saturated rings. The summed E-state index contributed by atoms with van der Waals surface area (Å²) in [4.78, 5) is 25.1. The molecule has 0 saturated carbocycles. The maximum absolute atomic E-state index is 12.4. The van der Waals surface area contributed by atoms with Crippen LogP contribution in [-0.2, 0) is 6.61 Å². The van der Waals surface area contributed by atoms with Crippen molar-refractivity contribution in [3.63, 3.8) is 0 Å². The van der Waals surface area contributed by atoms with Crippen LogP contribution in [0.5, 0.6) is 0 Å². The van der Waals surface area contributed by atoms with Gasteiger partial charge in [-0.15, -0.1) is 11.3 Å². The average Bonchev–Trinajstić information content (AvgIpc) is 2.96. The highest BCUT2D eigenvalue weighted by molar-refractivity contribution is 7.98. The number of hydrogen-bond acceptors (Lipinski definition) is 7. The Morgan fingerprint density at radius 3 is 2.91 bits per heavy atom. The summed E-state index contributed by atoms with van der Waals surface area (Å²) < 4.78 is 0.968. The zero-order chi connectivity index (χ0) is 16.4. The molecule has 2 N–H and O–H groups in total. The van der Waals surface area contributed by atoms with E-state index in [0.717, 1.165) is 10.2 Å². The molecule has 0 bridgehead atoms. The van der Waals surface area contributed by atoms with Crippen LogP contribution in [0.25, 0.3) is 10.2 Å². The van der Waals surface area contributed by atoms with E-state index < -0.39 is 0 Å². The molecule has 3 aromatic rings. The van der Waals surface area contributed by atoms with Crippen LogP contribution in [0.1, 0.15) is 21.1 Å². The van der Waals surface area contributed by atoms with E-state index in [1.807, 2.05) is 18.4 Å². The summed E-state index contributed by atoms with van der Waals surface area (Å²) >= 11 is 2.86. The Hall–Kier alpha value is -2.03. The second-order valence-electron chi connectivity index (χ2n) is 4.76. The second-order valence-corrected chi connectivity index (χ2v) is 6.65. The van der Waals surface area contributed by atoms with Crippen molar-refractivity contribution in [1.82, 2.24) is 15.0 Å². The normalized spacial score (nSPS) is 10.9. The van der Waals surface area contributed by atoms with Crippen LogP contribution in [0.3, 0.4) is 0 Å². The van der Waals surface area contributed by atoms with E-state index in [4.69, 9.17) is 5.11 Å². The molecule has 0 aliphatic rings. The minimum atomic E-state index is -0.257. The lowest BCUT2D eigenvalue weighted by atomic mass is 10.2. The molecule has 0 unspecified atom stereocenters. The summed E-state index contributed by atoms with van der Waals surface area (Å²) in [5.41, 5.74) is 2.48. The Morgan fingerprint density at radius 1 is 1.39 bits per heavy atom. The van der Waals surface area contributed by atoms with E-state index >= 15 is 0 Å². The lowest BCUT2D eigenvalue weighted by Gasteiger charge is -2.07. The molecule has 23 heavy (non-hydrogen) atoms. The fourth-order valence-electron chi connectivity index (χ4n) is 2.09. The summed E-state index contributed by atoms with van der Waals surface area (Å²) in [6.07, 6.45) is 3.42. The third-order valence-electron chi connectivity index (χ3n) is 3.21. The number of nitrogens with zero attached hydrogens (tertiary/aromatic N) is 3. The van der Waals surface area contributed by atoms with Gasteiger partial charge in [0.05, 0.1) is 28.1 Å². The summed E-state index contributed by atoms with van der Waals surface area (Å²) in [6.45, 7) is 1.70. The number of fused-ring (bicyclic) bond motifs is 1. The highest BCUT2D eigenvalue weighted by Gasteiger charge is 2.13. The van der Waals surface area contributed by atoms with Gasteiger partial charge in [0.1, 0.15) is 5.01 Å². The lowest BCUT2D eigenvalue weighted by Crippen LogP contribution is -2.14. The molecule has 2 aromatic heterocycles. The third-order valence-corrected chi connectivity index (χ3v) is 4.79. The highest BCUT2D eigenvalue weighted by Crippen LogP contribution is 2.25. The highest BCUT2D eigenvalue weighted by atomic mass is 32.2. The quantitative estimate of drug-likeness (QED) is 0.558. The number of hydrogen-bond donors (Lipinski definition) is 2. The standard InChI is InChI=1S/C15H14N4O2S2/c1-8-10(6-16-15(17-8)22-2)14(21)18-9-3-4-12-11(5-9)19-13(7-20)23-12/h3-6,20H,7H2,1-2H3,(H,18,21). The number of rotatable bonds is 4. The Labute approximate surface area is 141 Å². The van der Waals surface area contributed by atoms with Crippen LogP contribution in [0, 0.1) is 6.92 Å². The molecule has 0 radical (unpaired) electrons. The number of anilines is 1. The predicted molar refractivity (Wildman–Crippen MR) is 92.0 cm³/mol. The number of nitrogens with one attached hydrogen (secondary N) is 1. The van der Waals surface area contributed by atoms with Crippen LogP contribution in [0.4, 0.5) is 5.69 Å². The zero-order valence-corrected chi connectivity index (χ0v) is 14.2. The number of thiazole rings is 1. The van der Waals surface area contributed by atoms with E-state index in [2.05, 4.69) is 20.3 Å². The molecule has 0 aliphatic heterocycles. The minimum Gasteiger partial charge on any atom is -0.389 e. The number of aryl methyl sites for hydroxylation is 1. The van der Waals surface area contributed by atoms with E-state index in [1.54, 1.807) is 13.0 Å². The topological polar surface area (TPSA) is 88.0 Å². The first-order valence-corrected chi connectivity index (χ1v) is 8.84. The summed E-state index contributed by atoms with van der Waals surface area (Å²) in [5, 5.41) is 13.3. The first-order chi connectivity index (χ1) is 11.1. The Kier molecular flexibility index (Phi) is 4.56. The molecular weight excluding hydrogens is 332 g/mol. The van der Waals surface area contributed by atoms with Gasteiger partial charge < -0.3 is 10.4 Å². The number of aliphatic hydroxyl groups excluding tert-OH is 1. The molecule has 1 amide bonds. The molecule has 2 heterocycles. The monoisotopic (exact) mass is 346 g/mol. The van der Waals surface area contributed by atoms with Gasteiger partial charge >= 0.3 is 0 Å². The lowest BCUT2D eigenvalue weighted by molar-refractivity contribution is 0.102. The van der Waals surface area contributed by atoms with Gasteiger partial charge in [0.15, 0.2) is 5.16 Å². The average molecular weight is 346 g/mol. The number of carbonyl (C=O) groups excluding carboxylic acids is 1. The van der Waals surface area contributed by atoms with Crippen LogP contribution in [-0.4, -0.2) is 32.2 Å². The van der Waals surface area contributed by atoms with Crippen LogP contribution >= 0.6 is 23.1 Å². The third kappa shape index (κ3) is 3.34. The van der Waals surface area contributed by atoms with Gasteiger partial charge in [-0.05, 0) is 31.4 Å². The summed E-state index contributed by atoms with van der Waals surface area (Å²) in [6, 6.07) is 5.48. The number of carbonyl (C=O) groups is 1. The van der Waals surface area contributed by atoms with Gasteiger partial charge in [-0.2, -0.15) is 0 Å². The van der Waals surface area contributed by atoms with Crippen molar-refractivity contribution in [2.45, 2.75) is 18.7 Å². The maximum Gasteiger partial charge on any atom is 0.259 e. The van der Waals surface area contributed by atoms with Crippen molar-refractivity contribution in [3.05, 3.63) is 40.7 Å². The van der Waals surface area contributed by atoms with Gasteiger partial charge in [0.2, 0.25) is 0 Å². The SMILES string of the molecule is CSc1ncc(C(=O)Nc2ccc3sc(CO)nc3c2)c(C)n1. The molecule has 118 valence electrons. The van der Waals surface area contributed by atoms with Gasteiger partial charge in [0.25, 0.3) is 5.91 Å². The number of thioether (sulfide) groups is 1. The van der Waals surface area contributed by atoms with E-state index in [-0.39, 0.29) is 12.5 Å². The zero-order valence-electron chi connectivity index (χ0n) is 12.5. The Balaban J connectivity index is 1.84. The first kappa shape index (κ1) is 15.9. The van der Waals surface area contributed by atoms with Crippen molar-refractivity contribution >= 4 is 44.9 Å². The number of aromatic nitrogens is 3. The first-order valence-electron chi connectivity index (χ1n) is 6.80. The van der Waals surface area contributed by atoms with Gasteiger partial charge in [-0.3, -0.25) is 4.79 Å². The number of benzene rings is 1. The molecule has 0 aliphatic carbocycles. The van der Waals surface area contributed by atoms with Crippen molar-refractivity contribution in [2.75, 3.05) is 11.6 Å². The molecule has 0 saturated heterocycles. The molecule has 6 nitrogen and oxygen atoms in total. The van der Waals surface area contributed by atoms with Gasteiger partial charge in [-0.25, -0.2) is 15.0 Å². The van der Waals surface area contributed by atoms with Crippen molar-refractivity contribution < 1.29 is 9.90 Å². The van der Waals surface area contributed by atoms with Gasteiger partial charge in [-0.1, -0.05) is 11.8 Å². The summed E-state index contributed by atoms with van der Waals surface area (Å²) in [7, 11) is 0. The van der Waals surface area contributed by atoms with Crippen molar-refractivity contribution in [3.8, 4) is 0 Å². The Morgan fingerprint density at radius 2 is 2.22 bits per heavy atom. The summed E-state index contributed by atoms with van der Waals surface area (Å²) in [5.74, 6) is -0.257. The predicted octanol–water partition coefficient (Wildman–Crippen LogP) is 2.86. The molecule has 0 atom stereocenters. The van der Waals surface area contributed by atoms with Crippen molar-refractivity contribution in [1.29, 1.82) is 0 Å². The van der Waals surface area contributed by atoms with E-state index in [0.29, 0.717) is 27.1 Å². The Bertz CT molecular complexity index is 879. The number of aliphatic hydroxyl groups is 1. The van der Waals surface area contributed by atoms with Gasteiger partial charge in [0, 0.05) is 11.9 Å². The van der Waals surface area contributed by atoms with E-state index in [9.17, 15) is 4.79 Å². The molecule has 0 spiro atoms. The molecule has 3 rings (SSSR count). The molecule has 8 heteroatoms. The minimum absolute atomic E-state index is 0.0840. The number of amides is 1. The molecule has 1 aromatic carbocycles. The maximum atomic E-state index is 12.4. The van der Waals surface area contributed by atoms with Crippen LogP contribution in [0.2, 0.25) is 0 Å². The van der Waals surface area contributed by atoms with Crippen molar-refractivity contribution in [2.24, 2.45) is 0 Å². The fourth-order valence-corrected chi connectivity index (χ4v) is 3.28. The second kappa shape index (κ2) is 6.61. The largest absolute Gasteiger partial charge is 0.389 e. The smallest absolute Gasteiger partial charge is 0.259 e. The van der Waals surface area contributed by atoms with Crippen LogP contribution < -0.4 is 5.32 Å². The van der Waals surface area contributed by atoms with Crippen LogP contribution in [0.15, 0.2) is 29.6 Å². The molecular formula is C15H14N4O2S2.